The minimum Gasteiger partial charge on any atom is -0.294 e. The van der Waals surface area contributed by atoms with Gasteiger partial charge < -0.3 is 0 Å². The van der Waals surface area contributed by atoms with E-state index in [9.17, 15) is 4.79 Å². The zero-order chi connectivity index (χ0) is 9.68. The van der Waals surface area contributed by atoms with Crippen LogP contribution in [0.5, 0.6) is 0 Å². The van der Waals surface area contributed by atoms with Crippen LogP contribution in [-0.4, -0.2) is 5.91 Å². The van der Waals surface area contributed by atoms with Gasteiger partial charge in [-0.2, -0.15) is 0 Å². The first kappa shape index (κ1) is 9.74. The second-order valence-electron chi connectivity index (χ2n) is 2.91. The molecule has 0 heterocycles. The molecular weight excluding hydrogens is 164 g/mol. The number of carbonyl (C=O) groups excluding carboxylic acids is 1. The second-order valence-corrected chi connectivity index (χ2v) is 2.91. The third kappa shape index (κ3) is 2.87. The summed E-state index contributed by atoms with van der Waals surface area (Å²) in [6.45, 7) is 2.10. The Hall–Kier alpha value is -1.35. The molecule has 1 aromatic carbocycles. The molecule has 13 heavy (non-hydrogen) atoms. The quantitative estimate of drug-likeness (QED) is 0.408. The highest BCUT2D eigenvalue weighted by Crippen LogP contribution is 2.05. The Morgan fingerprint density at radius 1 is 1.31 bits per heavy atom. The lowest BCUT2D eigenvalue weighted by atomic mass is 10.1. The van der Waals surface area contributed by atoms with E-state index in [4.69, 9.17) is 5.84 Å². The van der Waals surface area contributed by atoms with Crippen molar-refractivity contribution in [3.8, 4) is 0 Å². The minimum absolute atomic E-state index is 0.163. The summed E-state index contributed by atoms with van der Waals surface area (Å²) < 4.78 is 0. The van der Waals surface area contributed by atoms with Crippen molar-refractivity contribution in [2.24, 2.45) is 5.84 Å². The Labute approximate surface area is 77.9 Å². The maximum atomic E-state index is 10.9. The number of aryl methyl sites for hydroxylation is 1. The molecule has 0 aliphatic rings. The molecule has 0 aromatic heterocycles. The normalized spacial score (nSPS) is 9.69. The summed E-state index contributed by atoms with van der Waals surface area (Å²) >= 11 is 0. The third-order valence-corrected chi connectivity index (χ3v) is 1.96. The summed E-state index contributed by atoms with van der Waals surface area (Å²) in [6, 6.07) is 7.96. The average Bonchev–Trinajstić information content (AvgIpc) is 2.19. The maximum absolute atomic E-state index is 10.9. The predicted molar refractivity (Wildman–Crippen MR) is 51.9 cm³/mol. The van der Waals surface area contributed by atoms with E-state index in [1.54, 1.807) is 0 Å². The van der Waals surface area contributed by atoms with Gasteiger partial charge in [-0.05, 0) is 17.5 Å². The van der Waals surface area contributed by atoms with E-state index < -0.39 is 0 Å². The zero-order valence-electron chi connectivity index (χ0n) is 7.71. The lowest BCUT2D eigenvalue weighted by molar-refractivity contribution is -0.120. The van der Waals surface area contributed by atoms with Crippen molar-refractivity contribution in [3.05, 3.63) is 35.4 Å². The Kier molecular flexibility index (Phi) is 3.46. The number of carbonyl (C=O) groups is 1. The fourth-order valence-electron chi connectivity index (χ4n) is 1.13. The van der Waals surface area contributed by atoms with Gasteiger partial charge in [-0.25, -0.2) is 5.84 Å². The highest BCUT2D eigenvalue weighted by atomic mass is 16.2. The lowest BCUT2D eigenvalue weighted by Gasteiger charge is -2.01. The zero-order valence-corrected chi connectivity index (χ0v) is 7.71. The van der Waals surface area contributed by atoms with E-state index in [0.717, 1.165) is 12.0 Å². The van der Waals surface area contributed by atoms with E-state index in [0.29, 0.717) is 6.42 Å². The first-order chi connectivity index (χ1) is 6.26. The van der Waals surface area contributed by atoms with Gasteiger partial charge >= 0.3 is 0 Å². The van der Waals surface area contributed by atoms with Crippen LogP contribution >= 0.6 is 0 Å². The monoisotopic (exact) mass is 178 g/mol. The standard InChI is InChI=1S/C10H14N2O/c1-2-8-3-5-9(6-4-8)7-10(13)12-11/h3-6H,2,7,11H2,1H3,(H,12,13). The van der Waals surface area contributed by atoms with E-state index in [2.05, 4.69) is 12.3 Å². The lowest BCUT2D eigenvalue weighted by Crippen LogP contribution is -2.31. The molecule has 0 atom stereocenters. The minimum atomic E-state index is -0.163. The molecule has 1 aromatic rings. The summed E-state index contributed by atoms with van der Waals surface area (Å²) in [5, 5.41) is 0. The van der Waals surface area contributed by atoms with Crippen LogP contribution in [0.2, 0.25) is 0 Å². The molecule has 0 aliphatic heterocycles. The SMILES string of the molecule is CCc1ccc(CC(=O)NN)cc1. The smallest absolute Gasteiger partial charge is 0.238 e. The molecule has 3 N–H and O–H groups in total. The van der Waals surface area contributed by atoms with Crippen molar-refractivity contribution in [3.63, 3.8) is 0 Å². The van der Waals surface area contributed by atoms with Crippen molar-refractivity contribution in [1.29, 1.82) is 0 Å². The number of hydrogen-bond acceptors (Lipinski definition) is 2. The van der Waals surface area contributed by atoms with E-state index in [1.807, 2.05) is 24.3 Å². The number of nitrogens with one attached hydrogen (secondary N) is 1. The Morgan fingerprint density at radius 3 is 2.31 bits per heavy atom. The maximum Gasteiger partial charge on any atom is 0.238 e. The molecule has 0 saturated carbocycles. The van der Waals surface area contributed by atoms with Crippen LogP contribution in [0.3, 0.4) is 0 Å². The Morgan fingerprint density at radius 2 is 1.85 bits per heavy atom. The van der Waals surface area contributed by atoms with E-state index in [-0.39, 0.29) is 5.91 Å². The van der Waals surface area contributed by atoms with Gasteiger partial charge in [0.15, 0.2) is 0 Å². The molecule has 0 aliphatic carbocycles. The van der Waals surface area contributed by atoms with Gasteiger partial charge in [0.2, 0.25) is 5.91 Å². The van der Waals surface area contributed by atoms with E-state index >= 15 is 0 Å². The van der Waals surface area contributed by atoms with Crippen LogP contribution in [-0.2, 0) is 17.6 Å². The third-order valence-electron chi connectivity index (χ3n) is 1.96. The fraction of sp³-hybridized carbons (Fsp3) is 0.300. The van der Waals surface area contributed by atoms with Crippen molar-refractivity contribution in [1.82, 2.24) is 5.43 Å². The van der Waals surface area contributed by atoms with E-state index in [1.165, 1.54) is 5.56 Å². The summed E-state index contributed by atoms with van der Waals surface area (Å²) in [4.78, 5) is 10.9. The average molecular weight is 178 g/mol. The fourth-order valence-corrected chi connectivity index (χ4v) is 1.13. The highest BCUT2D eigenvalue weighted by Gasteiger charge is 1.99. The van der Waals surface area contributed by atoms with Crippen molar-refractivity contribution in [2.75, 3.05) is 0 Å². The molecule has 0 fully saturated rings. The molecule has 70 valence electrons. The predicted octanol–water partition coefficient (Wildman–Crippen LogP) is 0.781. The Bertz CT molecular complexity index is 279. The van der Waals surface area contributed by atoms with Crippen LogP contribution in [0.15, 0.2) is 24.3 Å². The van der Waals surface area contributed by atoms with Gasteiger partial charge in [0.1, 0.15) is 0 Å². The van der Waals surface area contributed by atoms with Crippen molar-refractivity contribution >= 4 is 5.91 Å². The van der Waals surface area contributed by atoms with Crippen LogP contribution in [0, 0.1) is 0 Å². The van der Waals surface area contributed by atoms with Gasteiger partial charge in [0.25, 0.3) is 0 Å². The summed E-state index contributed by atoms with van der Waals surface area (Å²) in [5.41, 5.74) is 4.36. The van der Waals surface area contributed by atoms with Crippen molar-refractivity contribution in [2.45, 2.75) is 19.8 Å². The molecule has 0 bridgehead atoms. The topological polar surface area (TPSA) is 55.1 Å². The number of nitrogens with two attached hydrogens (primary N) is 1. The van der Waals surface area contributed by atoms with Gasteiger partial charge in [-0.15, -0.1) is 0 Å². The number of benzene rings is 1. The highest BCUT2D eigenvalue weighted by molar-refractivity contribution is 5.77. The molecule has 0 radical (unpaired) electrons. The number of rotatable bonds is 3. The van der Waals surface area contributed by atoms with Crippen LogP contribution in [0.25, 0.3) is 0 Å². The van der Waals surface area contributed by atoms with Crippen molar-refractivity contribution < 1.29 is 4.79 Å². The largest absolute Gasteiger partial charge is 0.294 e. The molecule has 0 saturated heterocycles. The molecule has 1 rings (SSSR count). The molecule has 0 spiro atoms. The summed E-state index contributed by atoms with van der Waals surface area (Å²) in [6.07, 6.45) is 1.36. The second kappa shape index (κ2) is 4.62. The molecule has 3 nitrogen and oxygen atoms in total. The van der Waals surface area contributed by atoms with Crippen LogP contribution < -0.4 is 11.3 Å². The van der Waals surface area contributed by atoms with Gasteiger partial charge in [-0.1, -0.05) is 31.2 Å². The first-order valence-electron chi connectivity index (χ1n) is 4.33. The summed E-state index contributed by atoms with van der Waals surface area (Å²) in [7, 11) is 0. The summed E-state index contributed by atoms with van der Waals surface area (Å²) in [5.74, 6) is 4.81. The molecule has 0 unspecified atom stereocenters. The van der Waals surface area contributed by atoms with Gasteiger partial charge in [0.05, 0.1) is 6.42 Å². The van der Waals surface area contributed by atoms with Crippen LogP contribution in [0.1, 0.15) is 18.1 Å². The van der Waals surface area contributed by atoms with Gasteiger partial charge in [0, 0.05) is 0 Å². The Balaban J connectivity index is 2.64. The number of hydrazine groups is 1. The molecular formula is C10H14N2O. The molecule has 3 heteroatoms. The number of hydrogen-bond donors (Lipinski definition) is 2. The van der Waals surface area contributed by atoms with Crippen LogP contribution in [0.4, 0.5) is 0 Å². The first-order valence-corrected chi connectivity index (χ1v) is 4.33. The number of amides is 1. The molecule has 1 amide bonds. The van der Waals surface area contributed by atoms with Gasteiger partial charge in [-0.3, -0.25) is 10.2 Å².